The van der Waals surface area contributed by atoms with E-state index in [4.69, 9.17) is 11.6 Å². The van der Waals surface area contributed by atoms with E-state index >= 15 is 0 Å². The summed E-state index contributed by atoms with van der Waals surface area (Å²) in [7, 11) is 0. The summed E-state index contributed by atoms with van der Waals surface area (Å²) in [6, 6.07) is 15.2. The van der Waals surface area contributed by atoms with Gasteiger partial charge in [-0.3, -0.25) is 14.5 Å². The number of hydrogen-bond donors (Lipinski definition) is 0. The molecule has 0 fully saturated rings. The van der Waals surface area contributed by atoms with Crippen molar-refractivity contribution in [2.45, 2.75) is 19.8 Å². The van der Waals surface area contributed by atoms with Gasteiger partial charge in [0.2, 0.25) is 0 Å². The van der Waals surface area contributed by atoms with Gasteiger partial charge in [0.15, 0.2) is 0 Å². The van der Waals surface area contributed by atoms with Crippen LogP contribution in [0.1, 0.15) is 24.5 Å². The van der Waals surface area contributed by atoms with E-state index in [0.29, 0.717) is 29.4 Å². The van der Waals surface area contributed by atoms with Crippen molar-refractivity contribution < 1.29 is 9.59 Å². The predicted molar refractivity (Wildman–Crippen MR) is 103 cm³/mol. The minimum absolute atomic E-state index is 0.210. The van der Waals surface area contributed by atoms with Gasteiger partial charge >= 0.3 is 0 Å². The van der Waals surface area contributed by atoms with Gasteiger partial charge in [-0.1, -0.05) is 48.9 Å². The maximum Gasteiger partial charge on any atom is 0.278 e. The van der Waals surface area contributed by atoms with Crippen molar-refractivity contribution >= 4 is 34.7 Å². The Morgan fingerprint density at radius 3 is 2.46 bits per heavy atom. The van der Waals surface area contributed by atoms with E-state index in [1.165, 1.54) is 10.5 Å². The second kappa shape index (κ2) is 6.61. The first kappa shape index (κ1) is 16.9. The van der Waals surface area contributed by atoms with E-state index in [1.54, 1.807) is 24.3 Å². The van der Waals surface area contributed by atoms with E-state index < -0.39 is 0 Å². The summed E-state index contributed by atoms with van der Waals surface area (Å²) in [5.41, 5.74) is 3.89. The highest BCUT2D eigenvalue weighted by Crippen LogP contribution is 2.38. The van der Waals surface area contributed by atoms with E-state index in [-0.39, 0.29) is 11.8 Å². The van der Waals surface area contributed by atoms with Gasteiger partial charge in [0.05, 0.1) is 5.57 Å². The molecule has 0 saturated carbocycles. The van der Waals surface area contributed by atoms with E-state index in [2.05, 4.69) is 6.07 Å². The average Bonchev–Trinajstić information content (AvgIpc) is 3.17. The predicted octanol–water partition coefficient (Wildman–Crippen LogP) is 3.89. The number of nitrogens with zero attached hydrogens (tertiary/aromatic N) is 2. The van der Waals surface area contributed by atoms with Crippen LogP contribution in [0, 0.1) is 0 Å². The lowest BCUT2D eigenvalue weighted by molar-refractivity contribution is -0.136. The first-order valence-corrected chi connectivity index (χ1v) is 9.21. The molecule has 5 heteroatoms. The van der Waals surface area contributed by atoms with Crippen molar-refractivity contribution in [3.63, 3.8) is 0 Å². The van der Waals surface area contributed by atoms with Crippen LogP contribution in [-0.4, -0.2) is 29.8 Å². The molecule has 4 nitrogen and oxygen atoms in total. The molecule has 2 aromatic rings. The third-order valence-corrected chi connectivity index (χ3v) is 5.13. The van der Waals surface area contributed by atoms with Crippen molar-refractivity contribution in [1.29, 1.82) is 0 Å². The summed E-state index contributed by atoms with van der Waals surface area (Å²) in [4.78, 5) is 29.5. The number of anilines is 1. The highest BCUT2D eigenvalue weighted by atomic mass is 35.5. The molecule has 26 heavy (non-hydrogen) atoms. The first-order chi connectivity index (χ1) is 12.6. The molecular formula is C21H19ClN2O2. The van der Waals surface area contributed by atoms with Crippen LogP contribution in [0.5, 0.6) is 0 Å². The fourth-order valence-corrected chi connectivity index (χ4v) is 3.81. The molecule has 2 aliphatic rings. The molecule has 2 heterocycles. The van der Waals surface area contributed by atoms with Crippen LogP contribution in [0.4, 0.5) is 5.69 Å². The molecule has 0 unspecified atom stereocenters. The summed E-state index contributed by atoms with van der Waals surface area (Å²) in [6.07, 6.45) is 1.60. The van der Waals surface area contributed by atoms with Crippen LogP contribution in [0.2, 0.25) is 5.02 Å². The summed E-state index contributed by atoms with van der Waals surface area (Å²) >= 11 is 6.00. The van der Waals surface area contributed by atoms with E-state index in [0.717, 1.165) is 24.1 Å². The molecule has 0 saturated heterocycles. The number of amides is 2. The Labute approximate surface area is 157 Å². The van der Waals surface area contributed by atoms with Crippen LogP contribution in [-0.2, 0) is 16.0 Å². The molecule has 2 amide bonds. The summed E-state index contributed by atoms with van der Waals surface area (Å²) in [5, 5.41) is 0.601. The van der Waals surface area contributed by atoms with E-state index in [9.17, 15) is 9.59 Å². The van der Waals surface area contributed by atoms with Gasteiger partial charge in [0, 0.05) is 23.8 Å². The van der Waals surface area contributed by atoms with Gasteiger partial charge < -0.3 is 4.90 Å². The van der Waals surface area contributed by atoms with Crippen LogP contribution < -0.4 is 4.90 Å². The fraction of sp³-hybridized carbons (Fsp3) is 0.238. The topological polar surface area (TPSA) is 40.6 Å². The van der Waals surface area contributed by atoms with Gasteiger partial charge in [-0.05, 0) is 42.2 Å². The normalized spacial score (nSPS) is 16.7. The molecule has 2 aliphatic heterocycles. The van der Waals surface area contributed by atoms with Crippen molar-refractivity contribution in [3.05, 3.63) is 70.4 Å². The number of fused-ring (bicyclic) bond motifs is 1. The molecule has 4 rings (SSSR count). The summed E-state index contributed by atoms with van der Waals surface area (Å²) in [6.45, 7) is 3.09. The SMILES string of the molecule is CCCN1C(=O)C(c2ccc(Cl)cc2)=C(N2CCc3ccccc32)C1=O. The monoisotopic (exact) mass is 366 g/mol. The number of imide groups is 1. The molecule has 0 aromatic heterocycles. The summed E-state index contributed by atoms with van der Waals surface area (Å²) in [5.74, 6) is -0.433. The number of hydrogen-bond acceptors (Lipinski definition) is 3. The largest absolute Gasteiger partial charge is 0.336 e. The van der Waals surface area contributed by atoms with Gasteiger partial charge in [-0.2, -0.15) is 0 Å². The van der Waals surface area contributed by atoms with Gasteiger partial charge in [0.1, 0.15) is 5.70 Å². The van der Waals surface area contributed by atoms with Gasteiger partial charge in [-0.15, -0.1) is 0 Å². The molecule has 0 bridgehead atoms. The molecule has 0 aliphatic carbocycles. The number of carbonyl (C=O) groups is 2. The minimum atomic E-state index is -0.224. The second-order valence-corrected chi connectivity index (χ2v) is 6.96. The van der Waals surface area contributed by atoms with Crippen LogP contribution in [0.25, 0.3) is 5.57 Å². The number of para-hydroxylation sites is 1. The highest BCUT2D eigenvalue weighted by molar-refractivity contribution is 6.37. The molecule has 0 radical (unpaired) electrons. The molecule has 0 N–H and O–H groups in total. The minimum Gasteiger partial charge on any atom is -0.336 e. The Bertz CT molecular complexity index is 918. The van der Waals surface area contributed by atoms with Crippen molar-refractivity contribution in [3.8, 4) is 0 Å². The number of halogens is 1. The smallest absolute Gasteiger partial charge is 0.278 e. The summed E-state index contributed by atoms with van der Waals surface area (Å²) < 4.78 is 0. The van der Waals surface area contributed by atoms with Crippen molar-refractivity contribution in [2.75, 3.05) is 18.0 Å². The standard InChI is InChI=1S/C21H19ClN2O2/c1-2-12-24-20(25)18(15-7-9-16(22)10-8-15)19(21(24)26)23-13-11-14-5-3-4-6-17(14)23/h3-10H,2,11-13H2,1H3. The quantitative estimate of drug-likeness (QED) is 0.771. The van der Waals surface area contributed by atoms with Crippen molar-refractivity contribution in [1.82, 2.24) is 4.90 Å². The lowest BCUT2D eigenvalue weighted by atomic mass is 10.0. The average molecular weight is 367 g/mol. The van der Waals surface area contributed by atoms with Gasteiger partial charge in [-0.25, -0.2) is 0 Å². The molecular weight excluding hydrogens is 348 g/mol. The molecule has 132 valence electrons. The Morgan fingerprint density at radius 1 is 1.00 bits per heavy atom. The fourth-order valence-electron chi connectivity index (χ4n) is 3.69. The number of rotatable bonds is 4. The third-order valence-electron chi connectivity index (χ3n) is 4.88. The highest BCUT2D eigenvalue weighted by Gasteiger charge is 2.42. The number of carbonyl (C=O) groups excluding carboxylic acids is 2. The zero-order valence-electron chi connectivity index (χ0n) is 14.5. The van der Waals surface area contributed by atoms with E-state index in [1.807, 2.05) is 30.0 Å². The maximum absolute atomic E-state index is 13.1. The lowest BCUT2D eigenvalue weighted by Crippen LogP contribution is -2.35. The number of benzene rings is 2. The maximum atomic E-state index is 13.1. The lowest BCUT2D eigenvalue weighted by Gasteiger charge is -2.21. The zero-order chi connectivity index (χ0) is 18.3. The Hall–Kier alpha value is -2.59. The van der Waals surface area contributed by atoms with Gasteiger partial charge in [0.25, 0.3) is 11.8 Å². The van der Waals surface area contributed by atoms with Crippen molar-refractivity contribution in [2.24, 2.45) is 0 Å². The second-order valence-electron chi connectivity index (χ2n) is 6.52. The zero-order valence-corrected chi connectivity index (χ0v) is 15.3. The van der Waals surface area contributed by atoms with Crippen LogP contribution in [0.3, 0.4) is 0 Å². The Morgan fingerprint density at radius 2 is 1.73 bits per heavy atom. The molecule has 2 aromatic carbocycles. The first-order valence-electron chi connectivity index (χ1n) is 8.83. The Kier molecular flexibility index (Phi) is 4.29. The molecule has 0 atom stereocenters. The third kappa shape index (κ3) is 2.61. The molecule has 0 spiro atoms. The Balaban J connectivity index is 1.87. The van der Waals surface area contributed by atoms with Crippen LogP contribution >= 0.6 is 11.6 Å². The van der Waals surface area contributed by atoms with Crippen LogP contribution in [0.15, 0.2) is 54.2 Å².